The third kappa shape index (κ3) is 5.86. The van der Waals surface area contributed by atoms with Gasteiger partial charge >= 0.3 is 5.51 Å². The van der Waals surface area contributed by atoms with Crippen molar-refractivity contribution in [1.29, 1.82) is 0 Å². The van der Waals surface area contributed by atoms with Gasteiger partial charge in [0.2, 0.25) is 15.9 Å². The molecule has 0 bridgehead atoms. The number of hydrogen-bond donors (Lipinski definition) is 0. The van der Waals surface area contributed by atoms with Crippen LogP contribution in [0.5, 0.6) is 0 Å². The number of halogens is 3. The summed E-state index contributed by atoms with van der Waals surface area (Å²) < 4.78 is 63.4. The number of alkyl halides is 3. The molecular formula is C17H23F3N2O3S2. The molecule has 1 fully saturated rings. The minimum atomic E-state index is -4.46. The molecule has 2 rings (SSSR count). The van der Waals surface area contributed by atoms with Crippen molar-refractivity contribution >= 4 is 27.7 Å². The Balaban J connectivity index is 1.99. The molecule has 1 heterocycles. The van der Waals surface area contributed by atoms with Crippen molar-refractivity contribution in [3.63, 3.8) is 0 Å². The first-order valence-electron chi connectivity index (χ1n) is 8.40. The maximum atomic E-state index is 12.8. The van der Waals surface area contributed by atoms with E-state index in [1.165, 1.54) is 9.21 Å². The lowest BCUT2D eigenvalue weighted by Gasteiger charge is -2.34. The van der Waals surface area contributed by atoms with Crippen molar-refractivity contribution in [1.82, 2.24) is 9.21 Å². The summed E-state index contributed by atoms with van der Waals surface area (Å²) in [6, 6.07) is 6.68. The third-order valence-corrected chi connectivity index (χ3v) is 6.94. The topological polar surface area (TPSA) is 57.7 Å². The van der Waals surface area contributed by atoms with E-state index in [2.05, 4.69) is 0 Å². The van der Waals surface area contributed by atoms with E-state index in [9.17, 15) is 26.4 Å². The van der Waals surface area contributed by atoms with Crippen molar-refractivity contribution in [3.05, 3.63) is 29.8 Å². The highest BCUT2D eigenvalue weighted by Crippen LogP contribution is 2.30. The standard InChI is InChI=1S/C17H23F3N2O3S2/c1-16(2,3)13-4-6-14(7-5-13)27(24,25)22-10-8-21(9-11-22)15(23)12-26-17(18,19)20/h4-7H,8-12H2,1-3H3. The molecule has 27 heavy (non-hydrogen) atoms. The number of thioether (sulfide) groups is 1. The van der Waals surface area contributed by atoms with Crippen molar-refractivity contribution < 1.29 is 26.4 Å². The van der Waals surface area contributed by atoms with Crippen LogP contribution in [-0.2, 0) is 20.2 Å². The molecule has 5 nitrogen and oxygen atoms in total. The van der Waals surface area contributed by atoms with Crippen LogP contribution < -0.4 is 0 Å². The van der Waals surface area contributed by atoms with Gasteiger partial charge in [0.25, 0.3) is 0 Å². The highest BCUT2D eigenvalue weighted by molar-refractivity contribution is 8.00. The molecule has 1 aromatic rings. The normalized spacial score (nSPS) is 17.2. The molecule has 0 radical (unpaired) electrons. The number of benzene rings is 1. The smallest absolute Gasteiger partial charge is 0.339 e. The summed E-state index contributed by atoms with van der Waals surface area (Å²) in [5.41, 5.74) is -3.54. The number of piperazine rings is 1. The summed E-state index contributed by atoms with van der Waals surface area (Å²) in [4.78, 5) is 13.3. The summed E-state index contributed by atoms with van der Waals surface area (Å²) >= 11 is -0.381. The van der Waals surface area contributed by atoms with E-state index in [1.54, 1.807) is 24.3 Å². The van der Waals surface area contributed by atoms with Crippen LogP contribution >= 0.6 is 11.8 Å². The zero-order valence-electron chi connectivity index (χ0n) is 15.4. The maximum Gasteiger partial charge on any atom is 0.442 e. The lowest BCUT2D eigenvalue weighted by atomic mass is 9.87. The van der Waals surface area contributed by atoms with Gasteiger partial charge in [0, 0.05) is 26.2 Å². The molecule has 10 heteroatoms. The summed E-state index contributed by atoms with van der Waals surface area (Å²) in [7, 11) is -3.70. The quantitative estimate of drug-likeness (QED) is 0.746. The fraction of sp³-hybridized carbons (Fsp3) is 0.588. The second-order valence-electron chi connectivity index (χ2n) is 7.29. The van der Waals surface area contributed by atoms with E-state index in [0.29, 0.717) is 0 Å². The van der Waals surface area contributed by atoms with Gasteiger partial charge in [-0.25, -0.2) is 8.42 Å². The van der Waals surface area contributed by atoms with E-state index in [-0.39, 0.29) is 48.3 Å². The van der Waals surface area contributed by atoms with Gasteiger partial charge in [-0.3, -0.25) is 4.79 Å². The monoisotopic (exact) mass is 424 g/mol. The Morgan fingerprint density at radius 2 is 1.56 bits per heavy atom. The lowest BCUT2D eigenvalue weighted by molar-refractivity contribution is -0.129. The van der Waals surface area contributed by atoms with E-state index >= 15 is 0 Å². The Labute approximate surface area is 162 Å². The van der Waals surface area contributed by atoms with Gasteiger partial charge in [-0.15, -0.1) is 0 Å². The maximum absolute atomic E-state index is 12.8. The summed E-state index contributed by atoms with van der Waals surface area (Å²) in [5.74, 6) is -1.33. The first kappa shape index (κ1) is 22.0. The highest BCUT2D eigenvalue weighted by Gasteiger charge is 2.33. The number of nitrogens with zero attached hydrogens (tertiary/aromatic N) is 2. The van der Waals surface area contributed by atoms with Crippen LogP contribution in [0.2, 0.25) is 0 Å². The Morgan fingerprint density at radius 3 is 2.00 bits per heavy atom. The molecule has 0 aromatic heterocycles. The SMILES string of the molecule is CC(C)(C)c1ccc(S(=O)(=O)N2CCN(C(=O)CSC(F)(F)F)CC2)cc1. The van der Waals surface area contributed by atoms with Crippen molar-refractivity contribution in [2.24, 2.45) is 0 Å². The molecular weight excluding hydrogens is 401 g/mol. The largest absolute Gasteiger partial charge is 0.442 e. The van der Waals surface area contributed by atoms with Gasteiger partial charge in [0.15, 0.2) is 0 Å². The molecule has 1 aliphatic rings. The molecule has 0 spiro atoms. The average molecular weight is 425 g/mol. The average Bonchev–Trinajstić information content (AvgIpc) is 2.58. The van der Waals surface area contributed by atoms with E-state index in [0.717, 1.165) is 5.56 Å². The molecule has 0 aliphatic carbocycles. The summed E-state index contributed by atoms with van der Waals surface area (Å²) in [6.07, 6.45) is 0. The van der Waals surface area contributed by atoms with Crippen LogP contribution in [0.3, 0.4) is 0 Å². The Hall–Kier alpha value is -1.26. The fourth-order valence-corrected chi connectivity index (χ4v) is 4.58. The van der Waals surface area contributed by atoms with Gasteiger partial charge in [-0.1, -0.05) is 32.9 Å². The van der Waals surface area contributed by atoms with Crippen molar-refractivity contribution in [2.45, 2.75) is 36.6 Å². The van der Waals surface area contributed by atoms with Gasteiger partial charge in [-0.05, 0) is 34.9 Å². The Morgan fingerprint density at radius 1 is 1.04 bits per heavy atom. The van der Waals surface area contributed by atoms with Gasteiger partial charge in [0.1, 0.15) is 0 Å². The zero-order valence-corrected chi connectivity index (χ0v) is 17.0. The van der Waals surface area contributed by atoms with Crippen LogP contribution in [0.4, 0.5) is 13.2 Å². The highest BCUT2D eigenvalue weighted by atomic mass is 32.2. The van der Waals surface area contributed by atoms with E-state index in [1.807, 2.05) is 20.8 Å². The second-order valence-corrected chi connectivity index (χ2v) is 10.3. The minimum absolute atomic E-state index is 0.0613. The molecule has 0 atom stereocenters. The number of sulfonamides is 1. The molecule has 0 saturated carbocycles. The predicted molar refractivity (Wildman–Crippen MR) is 99.0 cm³/mol. The number of carbonyl (C=O) groups is 1. The van der Waals surface area contributed by atoms with Crippen LogP contribution in [-0.4, -0.2) is 61.0 Å². The lowest BCUT2D eigenvalue weighted by Crippen LogP contribution is -2.51. The second kappa shape index (κ2) is 8.00. The summed E-state index contributed by atoms with van der Waals surface area (Å²) in [5, 5.41) is 0. The Bertz CT molecular complexity index is 764. The number of hydrogen-bond acceptors (Lipinski definition) is 4. The van der Waals surface area contributed by atoms with Crippen LogP contribution in [0.1, 0.15) is 26.3 Å². The van der Waals surface area contributed by atoms with Gasteiger partial charge in [-0.2, -0.15) is 17.5 Å². The van der Waals surface area contributed by atoms with E-state index in [4.69, 9.17) is 0 Å². The number of carbonyl (C=O) groups excluding carboxylic acids is 1. The van der Waals surface area contributed by atoms with Crippen molar-refractivity contribution in [3.8, 4) is 0 Å². The van der Waals surface area contributed by atoms with Gasteiger partial charge < -0.3 is 4.90 Å². The molecule has 1 amide bonds. The first-order valence-corrected chi connectivity index (χ1v) is 10.8. The van der Waals surface area contributed by atoms with Crippen LogP contribution in [0.25, 0.3) is 0 Å². The van der Waals surface area contributed by atoms with Crippen LogP contribution in [0.15, 0.2) is 29.2 Å². The molecule has 0 N–H and O–H groups in total. The molecule has 0 unspecified atom stereocenters. The first-order chi connectivity index (χ1) is 12.3. The Kier molecular flexibility index (Phi) is 6.53. The number of rotatable bonds is 4. The van der Waals surface area contributed by atoms with Crippen molar-refractivity contribution in [2.75, 3.05) is 31.9 Å². The summed E-state index contributed by atoms with van der Waals surface area (Å²) in [6.45, 7) is 6.38. The molecule has 1 aliphatic heterocycles. The van der Waals surface area contributed by atoms with Crippen LogP contribution in [0, 0.1) is 0 Å². The third-order valence-electron chi connectivity index (χ3n) is 4.31. The van der Waals surface area contributed by atoms with E-state index < -0.39 is 27.2 Å². The van der Waals surface area contributed by atoms with Gasteiger partial charge in [0.05, 0.1) is 10.6 Å². The number of amides is 1. The molecule has 152 valence electrons. The zero-order chi connectivity index (χ0) is 20.5. The predicted octanol–water partition coefficient (Wildman–Crippen LogP) is 3.07. The molecule has 1 saturated heterocycles. The minimum Gasteiger partial charge on any atom is -0.339 e. The fourth-order valence-electron chi connectivity index (χ4n) is 2.69. The molecule has 1 aromatic carbocycles.